The van der Waals surface area contributed by atoms with Gasteiger partial charge in [-0.1, -0.05) is 0 Å². The number of hydrazine groups is 1. The summed E-state index contributed by atoms with van der Waals surface area (Å²) in [6.07, 6.45) is 2.04. The highest BCUT2D eigenvalue weighted by molar-refractivity contribution is 5.35. The molecule has 0 saturated carbocycles. The molecule has 18 heavy (non-hydrogen) atoms. The Morgan fingerprint density at radius 3 is 2.61 bits per heavy atom. The molecule has 2 rings (SSSR count). The van der Waals surface area contributed by atoms with Gasteiger partial charge in [0.1, 0.15) is 5.82 Å². The van der Waals surface area contributed by atoms with Crippen LogP contribution in [-0.4, -0.2) is 49.4 Å². The molecule has 0 spiro atoms. The summed E-state index contributed by atoms with van der Waals surface area (Å²) in [6.45, 7) is 2.60. The molecule has 3 N–H and O–H groups in total. The van der Waals surface area contributed by atoms with Crippen LogP contribution in [0, 0.1) is 0 Å². The molecule has 100 valence electrons. The third-order valence-electron chi connectivity index (χ3n) is 3.27. The summed E-state index contributed by atoms with van der Waals surface area (Å²) < 4.78 is 10.8. The topological polar surface area (TPSA) is 72.6 Å². The Bertz CT molecular complexity index is 376. The maximum atomic E-state index is 5.42. The molecule has 1 aliphatic rings. The molecule has 1 aromatic heterocycles. The molecule has 6 heteroatoms. The quantitative estimate of drug-likeness (QED) is 0.576. The summed E-state index contributed by atoms with van der Waals surface area (Å²) >= 11 is 0. The molecular formula is C12H20N4O2. The average Bonchev–Trinajstić information content (AvgIpc) is 2.81. The molecule has 1 aromatic rings. The molecule has 1 aliphatic heterocycles. The molecule has 6 nitrogen and oxygen atoms in total. The molecule has 2 unspecified atom stereocenters. The van der Waals surface area contributed by atoms with E-state index in [9.17, 15) is 0 Å². The van der Waals surface area contributed by atoms with E-state index < -0.39 is 0 Å². The highest BCUT2D eigenvalue weighted by Gasteiger charge is 2.32. The number of rotatable bonds is 5. The third kappa shape index (κ3) is 2.97. The summed E-state index contributed by atoms with van der Waals surface area (Å²) in [5.74, 6) is 6.03. The van der Waals surface area contributed by atoms with Crippen LogP contribution in [0.1, 0.15) is 5.56 Å². The van der Waals surface area contributed by atoms with Gasteiger partial charge in [-0.2, -0.15) is 0 Å². The van der Waals surface area contributed by atoms with Gasteiger partial charge >= 0.3 is 0 Å². The SMILES string of the molecule is COC1CN(Cc2ccnc(NN)c2)CC1OC. The molecule has 0 bridgehead atoms. The van der Waals surface area contributed by atoms with Gasteiger partial charge in [-0.3, -0.25) is 4.90 Å². The van der Waals surface area contributed by atoms with Crippen LogP contribution in [0.2, 0.25) is 0 Å². The van der Waals surface area contributed by atoms with E-state index in [1.54, 1.807) is 20.4 Å². The predicted molar refractivity (Wildman–Crippen MR) is 68.9 cm³/mol. The largest absolute Gasteiger partial charge is 0.377 e. The fourth-order valence-corrected chi connectivity index (χ4v) is 2.31. The number of aromatic nitrogens is 1. The standard InChI is InChI=1S/C12H20N4O2/c1-17-10-7-16(8-11(10)18-2)6-9-3-4-14-12(5-9)15-13/h3-5,10-11H,6-8,13H2,1-2H3,(H,14,15). The van der Waals surface area contributed by atoms with E-state index in [1.165, 1.54) is 5.56 Å². The molecule has 1 fully saturated rings. The number of likely N-dealkylation sites (tertiary alicyclic amines) is 1. The molecular weight excluding hydrogens is 232 g/mol. The van der Waals surface area contributed by atoms with Crippen molar-refractivity contribution in [2.24, 2.45) is 5.84 Å². The van der Waals surface area contributed by atoms with Crippen molar-refractivity contribution in [1.29, 1.82) is 0 Å². The average molecular weight is 252 g/mol. The zero-order chi connectivity index (χ0) is 13.0. The second kappa shape index (κ2) is 6.10. The van der Waals surface area contributed by atoms with Crippen LogP contribution < -0.4 is 11.3 Å². The molecule has 2 heterocycles. The van der Waals surface area contributed by atoms with Crippen molar-refractivity contribution in [3.05, 3.63) is 23.9 Å². The van der Waals surface area contributed by atoms with E-state index in [4.69, 9.17) is 15.3 Å². The van der Waals surface area contributed by atoms with Gasteiger partial charge in [-0.15, -0.1) is 0 Å². The van der Waals surface area contributed by atoms with Gasteiger partial charge in [0, 0.05) is 40.1 Å². The Labute approximate surface area is 107 Å². The van der Waals surface area contributed by atoms with Gasteiger partial charge in [0.25, 0.3) is 0 Å². The first-order valence-electron chi connectivity index (χ1n) is 5.96. The van der Waals surface area contributed by atoms with E-state index in [0.29, 0.717) is 5.82 Å². The zero-order valence-electron chi connectivity index (χ0n) is 10.8. The Kier molecular flexibility index (Phi) is 4.48. The van der Waals surface area contributed by atoms with E-state index in [1.807, 2.05) is 12.1 Å². The number of nitrogens with two attached hydrogens (primary N) is 1. The van der Waals surface area contributed by atoms with Crippen molar-refractivity contribution in [1.82, 2.24) is 9.88 Å². The Hall–Kier alpha value is -1.21. The number of hydrogen-bond donors (Lipinski definition) is 2. The fourth-order valence-electron chi connectivity index (χ4n) is 2.31. The molecule has 0 amide bonds. The number of nitrogen functional groups attached to an aromatic ring is 1. The maximum absolute atomic E-state index is 5.42. The number of ether oxygens (including phenoxy) is 2. The van der Waals surface area contributed by atoms with Crippen LogP contribution in [0.5, 0.6) is 0 Å². The number of nitrogens with one attached hydrogen (secondary N) is 1. The van der Waals surface area contributed by atoms with Crippen LogP contribution in [0.25, 0.3) is 0 Å². The monoisotopic (exact) mass is 252 g/mol. The normalized spacial score (nSPS) is 24.4. The lowest BCUT2D eigenvalue weighted by atomic mass is 10.2. The second-order valence-corrected chi connectivity index (χ2v) is 4.44. The first kappa shape index (κ1) is 13.2. The van der Waals surface area contributed by atoms with E-state index in [-0.39, 0.29) is 12.2 Å². The van der Waals surface area contributed by atoms with Gasteiger partial charge in [0.05, 0.1) is 12.2 Å². The summed E-state index contributed by atoms with van der Waals surface area (Å²) in [7, 11) is 3.45. The van der Waals surface area contributed by atoms with Crippen molar-refractivity contribution in [3.8, 4) is 0 Å². The minimum Gasteiger partial charge on any atom is -0.377 e. The van der Waals surface area contributed by atoms with Crippen molar-refractivity contribution in [2.45, 2.75) is 18.8 Å². The lowest BCUT2D eigenvalue weighted by Gasteiger charge is -2.15. The predicted octanol–water partition coefficient (Wildman–Crippen LogP) is 0.213. The lowest BCUT2D eigenvalue weighted by Crippen LogP contribution is -2.27. The van der Waals surface area contributed by atoms with Gasteiger partial charge in [-0.25, -0.2) is 10.8 Å². The number of pyridine rings is 1. The van der Waals surface area contributed by atoms with Crippen molar-refractivity contribution >= 4 is 5.82 Å². The number of methoxy groups -OCH3 is 2. The van der Waals surface area contributed by atoms with E-state index >= 15 is 0 Å². The highest BCUT2D eigenvalue weighted by atomic mass is 16.5. The van der Waals surface area contributed by atoms with Crippen LogP contribution >= 0.6 is 0 Å². The Morgan fingerprint density at radius 1 is 1.39 bits per heavy atom. The highest BCUT2D eigenvalue weighted by Crippen LogP contribution is 2.18. The van der Waals surface area contributed by atoms with Crippen LogP contribution in [0.4, 0.5) is 5.82 Å². The smallest absolute Gasteiger partial charge is 0.140 e. The summed E-state index contributed by atoms with van der Waals surface area (Å²) in [4.78, 5) is 6.39. The third-order valence-corrected chi connectivity index (χ3v) is 3.27. The zero-order valence-corrected chi connectivity index (χ0v) is 10.8. The van der Waals surface area contributed by atoms with Crippen molar-refractivity contribution < 1.29 is 9.47 Å². The Balaban J connectivity index is 1.97. The molecule has 2 atom stereocenters. The van der Waals surface area contributed by atoms with Crippen LogP contribution in [-0.2, 0) is 16.0 Å². The van der Waals surface area contributed by atoms with Crippen molar-refractivity contribution in [2.75, 3.05) is 32.7 Å². The van der Waals surface area contributed by atoms with E-state index in [0.717, 1.165) is 19.6 Å². The fraction of sp³-hybridized carbons (Fsp3) is 0.583. The number of nitrogens with zero attached hydrogens (tertiary/aromatic N) is 2. The van der Waals surface area contributed by atoms with Crippen LogP contribution in [0.15, 0.2) is 18.3 Å². The van der Waals surface area contributed by atoms with Gasteiger partial charge < -0.3 is 14.9 Å². The van der Waals surface area contributed by atoms with Crippen molar-refractivity contribution in [3.63, 3.8) is 0 Å². The Morgan fingerprint density at radius 2 is 2.06 bits per heavy atom. The van der Waals surface area contributed by atoms with E-state index in [2.05, 4.69) is 15.3 Å². The van der Waals surface area contributed by atoms with Crippen LogP contribution in [0.3, 0.4) is 0 Å². The summed E-state index contributed by atoms with van der Waals surface area (Å²) in [5.41, 5.74) is 3.72. The summed E-state index contributed by atoms with van der Waals surface area (Å²) in [6, 6.07) is 3.94. The molecule has 0 radical (unpaired) electrons. The molecule has 1 saturated heterocycles. The molecule has 0 aliphatic carbocycles. The number of hydrogen-bond acceptors (Lipinski definition) is 6. The van der Waals surface area contributed by atoms with Gasteiger partial charge in [0.15, 0.2) is 0 Å². The number of anilines is 1. The van der Waals surface area contributed by atoms with Gasteiger partial charge in [0.2, 0.25) is 0 Å². The maximum Gasteiger partial charge on any atom is 0.140 e. The minimum absolute atomic E-state index is 0.143. The first-order valence-corrected chi connectivity index (χ1v) is 5.96. The minimum atomic E-state index is 0.143. The summed E-state index contributed by atoms with van der Waals surface area (Å²) in [5, 5.41) is 0. The van der Waals surface area contributed by atoms with Gasteiger partial charge in [-0.05, 0) is 17.7 Å². The second-order valence-electron chi connectivity index (χ2n) is 4.44. The first-order chi connectivity index (χ1) is 8.76. The molecule has 0 aromatic carbocycles. The lowest BCUT2D eigenvalue weighted by molar-refractivity contribution is -0.00461.